The molecule has 4 aromatic rings. The Labute approximate surface area is 137 Å². The van der Waals surface area contributed by atoms with E-state index in [0.29, 0.717) is 34.1 Å². The monoisotopic (exact) mass is 326 g/mol. The number of aliphatic hydroxyl groups excluding tert-OH is 1. The molecule has 1 N–H and O–H groups in total. The van der Waals surface area contributed by atoms with Gasteiger partial charge in [-0.05, 0) is 18.2 Å². The van der Waals surface area contributed by atoms with E-state index >= 15 is 0 Å². The zero-order valence-corrected chi connectivity index (χ0v) is 12.8. The van der Waals surface area contributed by atoms with Crippen LogP contribution in [0.15, 0.2) is 57.8 Å². The number of para-hydroxylation sites is 1. The van der Waals surface area contributed by atoms with Crippen molar-refractivity contribution in [2.75, 3.05) is 6.67 Å². The molecule has 24 heavy (non-hydrogen) atoms. The lowest BCUT2D eigenvalue weighted by Crippen LogP contribution is -1.99. The molecule has 0 saturated carbocycles. The number of alkyl halides is 1. The molecule has 0 fully saturated rings. The molecule has 0 aliphatic carbocycles. The second kappa shape index (κ2) is 5.98. The minimum atomic E-state index is -0.477. The third-order valence-electron chi connectivity index (χ3n) is 3.98. The number of rotatable bonds is 5. The number of furan rings is 2. The minimum Gasteiger partial charge on any atom is -0.452 e. The second-order valence-electron chi connectivity index (χ2n) is 5.39. The third kappa shape index (κ3) is 2.32. The average molecular weight is 326 g/mol. The predicted molar refractivity (Wildman–Crippen MR) is 87.0 cm³/mol. The standard InChI is InChI=1S/C18H15FN2O3/c19-7-8-21-11-20-9-14(21)16-5-6-17(23-16)18-13(10-22)12-3-1-2-4-15(12)24-18/h1-6,9,11,22H,7-8,10H2. The lowest BCUT2D eigenvalue weighted by Gasteiger charge is -2.02. The maximum absolute atomic E-state index is 12.6. The zero-order chi connectivity index (χ0) is 16.5. The number of benzene rings is 1. The van der Waals surface area contributed by atoms with Gasteiger partial charge in [-0.1, -0.05) is 18.2 Å². The highest BCUT2D eigenvalue weighted by atomic mass is 19.1. The van der Waals surface area contributed by atoms with Crippen molar-refractivity contribution in [2.45, 2.75) is 13.2 Å². The number of halogens is 1. The molecule has 3 aromatic heterocycles. The van der Waals surface area contributed by atoms with Crippen LogP contribution in [0.25, 0.3) is 33.9 Å². The first-order valence-electron chi connectivity index (χ1n) is 7.59. The molecule has 0 spiro atoms. The van der Waals surface area contributed by atoms with E-state index in [1.54, 1.807) is 29.2 Å². The number of aromatic nitrogens is 2. The molecule has 0 aliphatic rings. The molecule has 3 heterocycles. The highest BCUT2D eigenvalue weighted by molar-refractivity contribution is 5.87. The Morgan fingerprint density at radius 3 is 2.75 bits per heavy atom. The molecular weight excluding hydrogens is 311 g/mol. The third-order valence-corrected chi connectivity index (χ3v) is 3.98. The molecule has 5 nitrogen and oxygen atoms in total. The number of nitrogens with zero attached hydrogens (tertiary/aromatic N) is 2. The number of hydrogen-bond donors (Lipinski definition) is 1. The fourth-order valence-electron chi connectivity index (χ4n) is 2.85. The summed E-state index contributed by atoms with van der Waals surface area (Å²) in [6.45, 7) is -0.408. The Balaban J connectivity index is 1.79. The minimum absolute atomic E-state index is 0.151. The van der Waals surface area contributed by atoms with E-state index < -0.39 is 6.67 Å². The Kier molecular flexibility index (Phi) is 3.66. The molecule has 0 unspecified atom stereocenters. The van der Waals surface area contributed by atoms with Gasteiger partial charge in [0.05, 0.1) is 25.7 Å². The lowest BCUT2D eigenvalue weighted by atomic mass is 10.1. The van der Waals surface area contributed by atoms with Crippen molar-refractivity contribution in [2.24, 2.45) is 0 Å². The highest BCUT2D eigenvalue weighted by Crippen LogP contribution is 2.36. The molecule has 122 valence electrons. The molecule has 0 amide bonds. The van der Waals surface area contributed by atoms with Gasteiger partial charge >= 0.3 is 0 Å². The first-order chi connectivity index (χ1) is 11.8. The summed E-state index contributed by atoms with van der Waals surface area (Å²) < 4.78 is 26.0. The first-order valence-corrected chi connectivity index (χ1v) is 7.59. The normalized spacial score (nSPS) is 11.4. The van der Waals surface area contributed by atoms with Crippen LogP contribution in [0.3, 0.4) is 0 Å². The predicted octanol–water partition coefficient (Wildman–Crippen LogP) is 4.02. The van der Waals surface area contributed by atoms with Gasteiger partial charge < -0.3 is 18.5 Å². The summed E-state index contributed by atoms with van der Waals surface area (Å²) in [4.78, 5) is 4.04. The van der Waals surface area contributed by atoms with Crippen molar-refractivity contribution in [1.29, 1.82) is 0 Å². The van der Waals surface area contributed by atoms with Crippen molar-refractivity contribution in [3.05, 3.63) is 54.5 Å². The number of fused-ring (bicyclic) bond motifs is 1. The summed E-state index contributed by atoms with van der Waals surface area (Å²) in [5.74, 6) is 1.58. The smallest absolute Gasteiger partial charge is 0.176 e. The van der Waals surface area contributed by atoms with Crippen molar-refractivity contribution in [3.8, 4) is 23.0 Å². The van der Waals surface area contributed by atoms with E-state index in [0.717, 1.165) is 5.39 Å². The zero-order valence-electron chi connectivity index (χ0n) is 12.8. The topological polar surface area (TPSA) is 64.3 Å². The van der Waals surface area contributed by atoms with Crippen LogP contribution < -0.4 is 0 Å². The van der Waals surface area contributed by atoms with Crippen molar-refractivity contribution < 1.29 is 18.3 Å². The van der Waals surface area contributed by atoms with E-state index in [4.69, 9.17) is 8.83 Å². The molecule has 0 bridgehead atoms. The van der Waals surface area contributed by atoms with Gasteiger partial charge in [0, 0.05) is 10.9 Å². The molecular formula is C18H15FN2O3. The van der Waals surface area contributed by atoms with E-state index in [2.05, 4.69) is 4.98 Å². The number of hydrogen-bond acceptors (Lipinski definition) is 4. The Bertz CT molecular complexity index is 983. The van der Waals surface area contributed by atoms with Crippen molar-refractivity contribution in [1.82, 2.24) is 9.55 Å². The fraction of sp³-hybridized carbons (Fsp3) is 0.167. The van der Waals surface area contributed by atoms with Crippen LogP contribution in [0.2, 0.25) is 0 Å². The second-order valence-corrected chi connectivity index (χ2v) is 5.39. The number of aliphatic hydroxyl groups is 1. The van der Waals surface area contributed by atoms with Crippen LogP contribution in [0, 0.1) is 0 Å². The van der Waals surface area contributed by atoms with Crippen LogP contribution >= 0.6 is 0 Å². The van der Waals surface area contributed by atoms with Crippen LogP contribution in [0.5, 0.6) is 0 Å². The van der Waals surface area contributed by atoms with Gasteiger partial charge in [0.15, 0.2) is 17.3 Å². The van der Waals surface area contributed by atoms with E-state index in [-0.39, 0.29) is 13.2 Å². The Morgan fingerprint density at radius 1 is 1.08 bits per heavy atom. The van der Waals surface area contributed by atoms with Crippen molar-refractivity contribution >= 4 is 11.0 Å². The fourth-order valence-corrected chi connectivity index (χ4v) is 2.85. The number of aryl methyl sites for hydroxylation is 1. The average Bonchev–Trinajstić information content (AvgIpc) is 3.32. The summed E-state index contributed by atoms with van der Waals surface area (Å²) in [6.07, 6.45) is 3.20. The molecule has 0 atom stereocenters. The Hall–Kier alpha value is -2.86. The maximum atomic E-state index is 12.6. The van der Waals surface area contributed by atoms with Gasteiger partial charge in [0.25, 0.3) is 0 Å². The molecule has 1 aromatic carbocycles. The molecule has 0 aliphatic heterocycles. The van der Waals surface area contributed by atoms with Gasteiger partial charge in [0.2, 0.25) is 0 Å². The quantitative estimate of drug-likeness (QED) is 0.601. The van der Waals surface area contributed by atoms with Crippen LogP contribution in [0.4, 0.5) is 4.39 Å². The maximum Gasteiger partial charge on any atom is 0.176 e. The lowest BCUT2D eigenvalue weighted by molar-refractivity contribution is 0.282. The van der Waals surface area contributed by atoms with Gasteiger partial charge in [-0.25, -0.2) is 9.37 Å². The van der Waals surface area contributed by atoms with E-state index in [1.165, 1.54) is 0 Å². The van der Waals surface area contributed by atoms with Gasteiger partial charge in [0.1, 0.15) is 18.0 Å². The number of imidazole rings is 1. The van der Waals surface area contributed by atoms with Gasteiger partial charge in [-0.15, -0.1) is 0 Å². The van der Waals surface area contributed by atoms with Crippen molar-refractivity contribution in [3.63, 3.8) is 0 Å². The van der Waals surface area contributed by atoms with Crippen LogP contribution in [0.1, 0.15) is 5.56 Å². The van der Waals surface area contributed by atoms with Crippen LogP contribution in [-0.2, 0) is 13.2 Å². The summed E-state index contributed by atoms with van der Waals surface area (Å²) in [5, 5.41) is 10.6. The summed E-state index contributed by atoms with van der Waals surface area (Å²) in [5.41, 5.74) is 2.07. The molecule has 6 heteroatoms. The Morgan fingerprint density at radius 2 is 1.92 bits per heavy atom. The summed E-state index contributed by atoms with van der Waals surface area (Å²) in [6, 6.07) is 11.1. The largest absolute Gasteiger partial charge is 0.452 e. The van der Waals surface area contributed by atoms with Gasteiger partial charge in [-0.3, -0.25) is 0 Å². The van der Waals surface area contributed by atoms with Crippen LogP contribution in [-0.4, -0.2) is 21.3 Å². The SMILES string of the molecule is OCc1c(-c2ccc(-c3cncn3CCF)o2)oc2ccccc12. The molecule has 0 saturated heterocycles. The molecule has 4 rings (SSSR count). The van der Waals surface area contributed by atoms with E-state index in [9.17, 15) is 9.50 Å². The van der Waals surface area contributed by atoms with Gasteiger partial charge in [-0.2, -0.15) is 0 Å². The summed E-state index contributed by atoms with van der Waals surface area (Å²) >= 11 is 0. The summed E-state index contributed by atoms with van der Waals surface area (Å²) in [7, 11) is 0. The molecule has 0 radical (unpaired) electrons. The highest BCUT2D eigenvalue weighted by Gasteiger charge is 2.19. The van der Waals surface area contributed by atoms with E-state index in [1.807, 2.05) is 24.3 Å². The first kappa shape index (κ1) is 14.7.